The summed E-state index contributed by atoms with van der Waals surface area (Å²) in [6, 6.07) is 0. The molecule has 0 aromatic carbocycles. The van der Waals surface area contributed by atoms with E-state index in [2.05, 4.69) is 46.5 Å². The monoisotopic (exact) mass is 281 g/mol. The Kier molecular flexibility index (Phi) is 6.38. The van der Waals surface area contributed by atoms with Gasteiger partial charge in [-0.05, 0) is 11.8 Å². The Hall–Kier alpha value is -0.700. The van der Waals surface area contributed by atoms with Gasteiger partial charge < -0.3 is 0 Å². The summed E-state index contributed by atoms with van der Waals surface area (Å²) in [4.78, 5) is 15.8. The van der Waals surface area contributed by atoms with Crippen molar-refractivity contribution in [1.82, 2.24) is 0 Å². The largest absolute Gasteiger partial charge is 0.305 e. The van der Waals surface area contributed by atoms with E-state index < -0.39 is 0 Å². The second-order valence-corrected chi connectivity index (χ2v) is 7.11. The molecule has 1 rings (SSSR count). The van der Waals surface area contributed by atoms with Crippen LogP contribution < -0.4 is 0 Å². The van der Waals surface area contributed by atoms with Crippen molar-refractivity contribution < 1.29 is 9.28 Å². The zero-order valence-electron chi connectivity index (χ0n) is 14.2. The highest BCUT2D eigenvalue weighted by Gasteiger charge is 2.38. The summed E-state index contributed by atoms with van der Waals surface area (Å²) in [6.07, 6.45) is 4.33. The lowest BCUT2D eigenvalue weighted by molar-refractivity contribution is -0.831. The number of hydrogen-bond acceptors (Lipinski definition) is 1. The molecule has 0 N–H and O–H groups in total. The first-order chi connectivity index (χ1) is 9.33. The van der Waals surface area contributed by atoms with Crippen molar-refractivity contribution in [3.05, 3.63) is 0 Å². The molecule has 0 bridgehead atoms. The Morgan fingerprint density at radius 3 is 1.75 bits per heavy atom. The molecule has 3 nitrogen and oxygen atoms in total. The van der Waals surface area contributed by atoms with Gasteiger partial charge in [-0.15, -0.1) is 0 Å². The van der Waals surface area contributed by atoms with Crippen LogP contribution in [-0.4, -0.2) is 36.4 Å². The zero-order chi connectivity index (χ0) is 15.3. The Bertz CT molecular complexity index is 333. The number of nitrogens with zero attached hydrogens (tertiary/aromatic N) is 2. The first-order valence-corrected chi connectivity index (χ1v) is 8.27. The van der Waals surface area contributed by atoms with Crippen molar-refractivity contribution >= 4 is 12.2 Å². The Balaban J connectivity index is 2.78. The maximum absolute atomic E-state index is 11.7. The van der Waals surface area contributed by atoms with Crippen molar-refractivity contribution in [3.8, 4) is 0 Å². The molecule has 0 radical (unpaired) electrons. The second kappa shape index (κ2) is 7.35. The summed E-state index contributed by atoms with van der Waals surface area (Å²) in [5.41, 5.74) is 0. The van der Waals surface area contributed by atoms with Crippen LogP contribution in [0.15, 0.2) is 4.99 Å². The van der Waals surface area contributed by atoms with Crippen LogP contribution in [0.25, 0.3) is 0 Å². The fourth-order valence-corrected chi connectivity index (χ4v) is 3.15. The predicted octanol–water partition coefficient (Wildman–Crippen LogP) is 3.74. The summed E-state index contributed by atoms with van der Waals surface area (Å²) in [5.74, 6) is 2.71. The number of amides is 1. The normalized spacial score (nSPS) is 28.4. The minimum atomic E-state index is 0.0534. The van der Waals surface area contributed by atoms with E-state index in [0.29, 0.717) is 30.2 Å². The average molecular weight is 281 g/mol. The summed E-state index contributed by atoms with van der Waals surface area (Å²) < 4.78 is 0.774. The molecule has 4 unspecified atom stereocenters. The summed E-state index contributed by atoms with van der Waals surface area (Å²) in [7, 11) is 0. The Morgan fingerprint density at radius 2 is 1.45 bits per heavy atom. The van der Waals surface area contributed by atoms with Gasteiger partial charge in [0.25, 0.3) is 0 Å². The fourth-order valence-electron chi connectivity index (χ4n) is 3.15. The first-order valence-electron chi connectivity index (χ1n) is 8.27. The molecule has 0 aliphatic carbocycles. The highest BCUT2D eigenvalue weighted by atomic mass is 16.2. The molecule has 0 saturated carbocycles. The van der Waals surface area contributed by atoms with Crippen LogP contribution in [0.3, 0.4) is 0 Å². The quantitative estimate of drug-likeness (QED) is 0.623. The molecule has 0 fully saturated rings. The molecule has 0 aromatic heterocycles. The Labute approximate surface area is 125 Å². The molecule has 0 spiro atoms. The number of quaternary nitrogens is 1. The second-order valence-electron chi connectivity index (χ2n) is 7.11. The molecule has 1 heterocycles. The summed E-state index contributed by atoms with van der Waals surface area (Å²) in [5, 5.41) is 0. The number of rotatable bonds is 8. The lowest BCUT2D eigenvalue weighted by atomic mass is 9.89. The number of hydrogen-bond donors (Lipinski definition) is 0. The molecule has 1 amide bonds. The summed E-state index contributed by atoms with van der Waals surface area (Å²) in [6.45, 7) is 16.4. The third-order valence-electron chi connectivity index (χ3n) is 5.43. The van der Waals surface area contributed by atoms with E-state index >= 15 is 0 Å². The highest BCUT2D eigenvalue weighted by Crippen LogP contribution is 2.26. The van der Waals surface area contributed by atoms with Crippen LogP contribution in [0.1, 0.15) is 54.4 Å². The van der Waals surface area contributed by atoms with Crippen LogP contribution in [-0.2, 0) is 4.79 Å². The lowest BCUT2D eigenvalue weighted by Gasteiger charge is -2.37. The fraction of sp³-hybridized carbons (Fsp3) is 0.882. The van der Waals surface area contributed by atoms with E-state index in [9.17, 15) is 4.79 Å². The van der Waals surface area contributed by atoms with Gasteiger partial charge in [0.1, 0.15) is 0 Å². The number of carbonyl (C=O) groups excluding carboxylic acids is 1. The minimum absolute atomic E-state index is 0.0534. The van der Waals surface area contributed by atoms with E-state index in [1.807, 2.05) is 6.34 Å². The number of carbonyl (C=O) groups is 1. The molecule has 116 valence electrons. The van der Waals surface area contributed by atoms with Crippen LogP contribution in [0.4, 0.5) is 0 Å². The van der Waals surface area contributed by atoms with Gasteiger partial charge in [0.15, 0.2) is 12.9 Å². The maximum atomic E-state index is 11.7. The molecule has 4 atom stereocenters. The first kappa shape index (κ1) is 17.4. The highest BCUT2D eigenvalue weighted by molar-refractivity contribution is 5.88. The van der Waals surface area contributed by atoms with Gasteiger partial charge in [0, 0.05) is 11.8 Å². The molecular formula is C17H33N2O+. The third-order valence-corrected chi connectivity index (χ3v) is 5.43. The van der Waals surface area contributed by atoms with Crippen LogP contribution >= 0.6 is 0 Å². The van der Waals surface area contributed by atoms with Crippen LogP contribution in [0.5, 0.6) is 0 Å². The SMILES string of the molecule is CCC(C)C(C)C[N+]1(CC(C)C(C)CC)C=NC(=O)C1. The third kappa shape index (κ3) is 4.41. The molecule has 1 aliphatic rings. The topological polar surface area (TPSA) is 29.4 Å². The smallest absolute Gasteiger partial charge is 0.273 e. The minimum Gasteiger partial charge on any atom is -0.273 e. The molecule has 0 saturated heterocycles. The van der Waals surface area contributed by atoms with Crippen molar-refractivity contribution in [2.24, 2.45) is 28.7 Å². The van der Waals surface area contributed by atoms with Crippen molar-refractivity contribution in [3.63, 3.8) is 0 Å². The van der Waals surface area contributed by atoms with Crippen LogP contribution in [0, 0.1) is 23.7 Å². The Morgan fingerprint density at radius 1 is 1.00 bits per heavy atom. The zero-order valence-corrected chi connectivity index (χ0v) is 14.2. The van der Waals surface area contributed by atoms with Crippen molar-refractivity contribution in [2.45, 2.75) is 54.4 Å². The van der Waals surface area contributed by atoms with E-state index in [-0.39, 0.29) is 5.91 Å². The molecule has 0 aromatic rings. The van der Waals surface area contributed by atoms with Gasteiger partial charge >= 0.3 is 5.91 Å². The maximum Gasteiger partial charge on any atom is 0.305 e. The van der Waals surface area contributed by atoms with Crippen molar-refractivity contribution in [1.29, 1.82) is 0 Å². The molecule has 3 heteroatoms. The standard InChI is InChI=1S/C17H33N2O/c1-7-13(3)15(5)9-19(11-17(20)18-12-19)10-16(6)14(4)8-2/h12-16H,7-11H2,1-6H3/q+1. The van der Waals surface area contributed by atoms with E-state index in [1.54, 1.807) is 0 Å². The van der Waals surface area contributed by atoms with Crippen molar-refractivity contribution in [2.75, 3.05) is 19.6 Å². The van der Waals surface area contributed by atoms with E-state index in [4.69, 9.17) is 0 Å². The molecular weight excluding hydrogens is 248 g/mol. The van der Waals surface area contributed by atoms with E-state index in [0.717, 1.165) is 17.6 Å². The van der Waals surface area contributed by atoms with Gasteiger partial charge in [0.05, 0.1) is 13.1 Å². The van der Waals surface area contributed by atoms with E-state index in [1.165, 1.54) is 12.8 Å². The van der Waals surface area contributed by atoms with Gasteiger partial charge in [0.2, 0.25) is 0 Å². The van der Waals surface area contributed by atoms with Gasteiger partial charge in [-0.3, -0.25) is 9.28 Å². The lowest BCUT2D eigenvalue weighted by Crippen LogP contribution is -2.52. The van der Waals surface area contributed by atoms with Gasteiger partial charge in [-0.1, -0.05) is 54.4 Å². The molecule has 1 aliphatic heterocycles. The van der Waals surface area contributed by atoms with Gasteiger partial charge in [-0.2, -0.15) is 4.99 Å². The summed E-state index contributed by atoms with van der Waals surface area (Å²) >= 11 is 0. The number of aliphatic imine (C=N–C) groups is 1. The predicted molar refractivity (Wildman–Crippen MR) is 85.6 cm³/mol. The molecule has 20 heavy (non-hydrogen) atoms. The van der Waals surface area contributed by atoms with Crippen LogP contribution in [0.2, 0.25) is 0 Å². The van der Waals surface area contributed by atoms with Gasteiger partial charge in [-0.25, -0.2) is 0 Å². The average Bonchev–Trinajstić information content (AvgIpc) is 2.77.